The van der Waals surface area contributed by atoms with Gasteiger partial charge in [-0.15, -0.1) is 6.42 Å². The summed E-state index contributed by atoms with van der Waals surface area (Å²) in [6.07, 6.45) is 7.89. The Labute approximate surface area is 141 Å². The van der Waals surface area contributed by atoms with Gasteiger partial charge in [-0.25, -0.2) is 9.97 Å². The third-order valence-corrected chi connectivity index (χ3v) is 3.96. The van der Waals surface area contributed by atoms with Crippen molar-refractivity contribution in [1.29, 1.82) is 0 Å². The summed E-state index contributed by atoms with van der Waals surface area (Å²) in [5, 5.41) is 3.35. The van der Waals surface area contributed by atoms with Gasteiger partial charge in [-0.1, -0.05) is 12.0 Å². The number of hydrogen-bond acceptors (Lipinski definition) is 6. The lowest BCUT2D eigenvalue weighted by Gasteiger charge is -2.21. The van der Waals surface area contributed by atoms with Crippen LogP contribution in [0, 0.1) is 12.3 Å². The molecule has 3 heterocycles. The number of nitrogens with zero attached hydrogens (tertiary/aromatic N) is 3. The van der Waals surface area contributed by atoms with E-state index in [1.807, 2.05) is 12.1 Å². The molecule has 6 heteroatoms. The molecule has 0 atom stereocenters. The van der Waals surface area contributed by atoms with Crippen LogP contribution >= 0.6 is 0 Å². The van der Waals surface area contributed by atoms with E-state index in [0.29, 0.717) is 11.3 Å². The number of ketones is 1. The first-order chi connectivity index (χ1) is 11.7. The van der Waals surface area contributed by atoms with Gasteiger partial charge in [0.2, 0.25) is 5.78 Å². The molecule has 0 bridgehead atoms. The first kappa shape index (κ1) is 16.0. The topological polar surface area (TPSA) is 84.1 Å². The molecule has 1 aliphatic heterocycles. The van der Waals surface area contributed by atoms with Crippen LogP contribution in [0.4, 0.5) is 11.6 Å². The van der Waals surface area contributed by atoms with E-state index in [1.165, 1.54) is 6.20 Å². The van der Waals surface area contributed by atoms with Crippen LogP contribution in [0.3, 0.4) is 0 Å². The summed E-state index contributed by atoms with van der Waals surface area (Å²) in [4.78, 5) is 23.4. The molecule has 0 aromatic carbocycles. The van der Waals surface area contributed by atoms with Crippen molar-refractivity contribution in [2.75, 3.05) is 36.8 Å². The van der Waals surface area contributed by atoms with Crippen LogP contribution in [0.5, 0.6) is 0 Å². The smallest absolute Gasteiger partial charge is 0.215 e. The summed E-state index contributed by atoms with van der Waals surface area (Å²) in [5.74, 6) is 3.15. The SMILES string of the molecule is C#Cc1cnc(N)c(C(=O)c2cccc(N3CCCNCC3)n2)c1. The average Bonchev–Trinajstić information content (AvgIpc) is 2.91. The molecule has 0 spiro atoms. The van der Waals surface area contributed by atoms with Gasteiger partial charge in [0.25, 0.3) is 0 Å². The summed E-state index contributed by atoms with van der Waals surface area (Å²) in [5.41, 5.74) is 6.98. The van der Waals surface area contributed by atoms with Gasteiger partial charge in [-0.2, -0.15) is 0 Å². The number of nitrogens with two attached hydrogens (primary N) is 1. The van der Waals surface area contributed by atoms with Crippen molar-refractivity contribution in [2.45, 2.75) is 6.42 Å². The third kappa shape index (κ3) is 3.36. The molecule has 3 N–H and O–H groups in total. The number of carbonyl (C=O) groups excluding carboxylic acids is 1. The van der Waals surface area contributed by atoms with E-state index >= 15 is 0 Å². The number of hydrogen-bond donors (Lipinski definition) is 2. The molecule has 0 aliphatic carbocycles. The molecular formula is C18H19N5O. The van der Waals surface area contributed by atoms with Crippen molar-refractivity contribution in [2.24, 2.45) is 0 Å². The Morgan fingerprint density at radius 2 is 2.21 bits per heavy atom. The Kier molecular flexibility index (Phi) is 4.73. The Morgan fingerprint density at radius 3 is 3.04 bits per heavy atom. The minimum Gasteiger partial charge on any atom is -0.383 e. The van der Waals surface area contributed by atoms with Gasteiger partial charge in [-0.05, 0) is 31.2 Å². The number of aromatic nitrogens is 2. The second-order valence-electron chi connectivity index (χ2n) is 5.60. The van der Waals surface area contributed by atoms with Gasteiger partial charge < -0.3 is 16.0 Å². The van der Waals surface area contributed by atoms with E-state index < -0.39 is 0 Å². The largest absolute Gasteiger partial charge is 0.383 e. The van der Waals surface area contributed by atoms with Crippen LogP contribution in [0.1, 0.15) is 28.0 Å². The predicted octanol–water partition coefficient (Wildman–Crippen LogP) is 1.07. The number of pyridine rings is 2. The molecule has 0 unspecified atom stereocenters. The lowest BCUT2D eigenvalue weighted by molar-refractivity contribution is 0.103. The van der Waals surface area contributed by atoms with E-state index in [4.69, 9.17) is 12.2 Å². The summed E-state index contributed by atoms with van der Waals surface area (Å²) < 4.78 is 0. The molecule has 6 nitrogen and oxygen atoms in total. The van der Waals surface area contributed by atoms with Gasteiger partial charge in [0, 0.05) is 31.4 Å². The van der Waals surface area contributed by atoms with Crippen LogP contribution < -0.4 is 16.0 Å². The molecular weight excluding hydrogens is 302 g/mol. The van der Waals surface area contributed by atoms with Crippen LogP contribution in [0.15, 0.2) is 30.5 Å². The maximum absolute atomic E-state index is 12.8. The summed E-state index contributed by atoms with van der Waals surface area (Å²) in [6, 6.07) is 7.02. The minimum absolute atomic E-state index is 0.158. The molecule has 24 heavy (non-hydrogen) atoms. The van der Waals surface area contributed by atoms with Gasteiger partial charge in [0.1, 0.15) is 17.3 Å². The molecule has 122 valence electrons. The van der Waals surface area contributed by atoms with Crippen molar-refractivity contribution in [3.63, 3.8) is 0 Å². The van der Waals surface area contributed by atoms with Crippen molar-refractivity contribution >= 4 is 17.4 Å². The van der Waals surface area contributed by atoms with E-state index in [1.54, 1.807) is 12.1 Å². The fourth-order valence-electron chi connectivity index (χ4n) is 2.67. The summed E-state index contributed by atoms with van der Waals surface area (Å²) in [6.45, 7) is 3.67. The highest BCUT2D eigenvalue weighted by molar-refractivity contribution is 6.10. The van der Waals surface area contributed by atoms with E-state index in [0.717, 1.165) is 38.4 Å². The molecule has 0 radical (unpaired) electrons. The maximum Gasteiger partial charge on any atom is 0.215 e. The molecule has 1 aliphatic rings. The van der Waals surface area contributed by atoms with E-state index in [2.05, 4.69) is 26.1 Å². The van der Waals surface area contributed by atoms with E-state index in [-0.39, 0.29) is 17.2 Å². The van der Waals surface area contributed by atoms with Crippen LogP contribution in [0.2, 0.25) is 0 Å². The minimum atomic E-state index is -0.271. The Morgan fingerprint density at radius 1 is 1.33 bits per heavy atom. The standard InChI is InChI=1S/C18H19N5O/c1-2-13-11-14(18(19)21-12-13)17(24)15-5-3-6-16(22-15)23-9-4-7-20-8-10-23/h1,3,5-6,11-12,20H,4,7-10H2,(H2,19,21). The Balaban J connectivity index is 1.91. The number of anilines is 2. The van der Waals surface area contributed by atoms with Gasteiger partial charge >= 0.3 is 0 Å². The zero-order valence-corrected chi connectivity index (χ0v) is 13.3. The number of nitrogen functional groups attached to an aromatic ring is 1. The monoisotopic (exact) mass is 321 g/mol. The van der Waals surface area contributed by atoms with Gasteiger partial charge in [0.05, 0.1) is 5.56 Å². The van der Waals surface area contributed by atoms with Crippen molar-refractivity contribution in [3.05, 3.63) is 47.3 Å². The quantitative estimate of drug-likeness (QED) is 0.650. The van der Waals surface area contributed by atoms with E-state index in [9.17, 15) is 4.79 Å². The molecule has 3 rings (SSSR count). The number of rotatable bonds is 3. The molecule has 2 aromatic rings. The molecule has 1 saturated heterocycles. The molecule has 0 saturated carbocycles. The lowest BCUT2D eigenvalue weighted by atomic mass is 10.1. The number of terminal acetylenes is 1. The van der Waals surface area contributed by atoms with Crippen molar-refractivity contribution in [1.82, 2.24) is 15.3 Å². The fourth-order valence-corrected chi connectivity index (χ4v) is 2.67. The summed E-state index contributed by atoms with van der Waals surface area (Å²) >= 11 is 0. The number of nitrogens with one attached hydrogen (secondary N) is 1. The number of carbonyl (C=O) groups is 1. The predicted molar refractivity (Wildman–Crippen MR) is 94.0 cm³/mol. The first-order valence-corrected chi connectivity index (χ1v) is 7.88. The van der Waals surface area contributed by atoms with Gasteiger partial charge in [0.15, 0.2) is 0 Å². The zero-order chi connectivity index (χ0) is 16.9. The van der Waals surface area contributed by atoms with Crippen LogP contribution in [-0.4, -0.2) is 41.9 Å². The highest BCUT2D eigenvalue weighted by Gasteiger charge is 2.17. The lowest BCUT2D eigenvalue weighted by Crippen LogP contribution is -2.29. The van der Waals surface area contributed by atoms with Crippen LogP contribution in [0.25, 0.3) is 0 Å². The van der Waals surface area contributed by atoms with Gasteiger partial charge in [-0.3, -0.25) is 4.79 Å². The summed E-state index contributed by atoms with van der Waals surface area (Å²) in [7, 11) is 0. The molecule has 0 amide bonds. The highest BCUT2D eigenvalue weighted by Crippen LogP contribution is 2.18. The third-order valence-electron chi connectivity index (χ3n) is 3.96. The molecule has 2 aromatic heterocycles. The first-order valence-electron chi connectivity index (χ1n) is 7.88. The fraction of sp³-hybridized carbons (Fsp3) is 0.278. The second-order valence-corrected chi connectivity index (χ2v) is 5.60. The molecule has 1 fully saturated rings. The highest BCUT2D eigenvalue weighted by atomic mass is 16.1. The maximum atomic E-state index is 12.8. The van der Waals surface area contributed by atoms with Crippen molar-refractivity contribution in [3.8, 4) is 12.3 Å². The van der Waals surface area contributed by atoms with Crippen LogP contribution in [-0.2, 0) is 0 Å². The Bertz CT molecular complexity index is 788. The zero-order valence-electron chi connectivity index (χ0n) is 13.3. The normalized spacial score (nSPS) is 14.7. The second kappa shape index (κ2) is 7.11. The Hall–Kier alpha value is -2.91. The average molecular weight is 321 g/mol. The van der Waals surface area contributed by atoms with Crippen molar-refractivity contribution < 1.29 is 4.79 Å².